The van der Waals surface area contributed by atoms with E-state index in [2.05, 4.69) is 10.3 Å². The Morgan fingerprint density at radius 2 is 2.05 bits per heavy atom. The number of aliphatic hydroxyl groups excluding tert-OH is 1. The van der Waals surface area contributed by atoms with Gasteiger partial charge in [-0.25, -0.2) is 8.78 Å². The Labute approximate surface area is 120 Å². The van der Waals surface area contributed by atoms with Crippen molar-refractivity contribution in [1.29, 1.82) is 0 Å². The topological polar surface area (TPSA) is 62.2 Å². The number of carbonyl (C=O) groups excluding carboxylic acids is 1. The summed E-state index contributed by atoms with van der Waals surface area (Å²) in [5.74, 6) is -2.22. The maximum atomic E-state index is 13.4. The minimum absolute atomic E-state index is 0.000135. The standard InChI is InChI=1S/C15H14F2N2O2/c16-12-3-1-2-10(15(12)17)4-5-14(21)19-13-8-18-7-6-11(13)9-20/h1-3,6-8,20H,4-5,9H2,(H,19,21). The van der Waals surface area contributed by atoms with E-state index in [-0.39, 0.29) is 30.9 Å². The average molecular weight is 292 g/mol. The molecule has 0 aliphatic heterocycles. The third-order valence-electron chi connectivity index (χ3n) is 3.01. The second kappa shape index (κ2) is 6.90. The van der Waals surface area contributed by atoms with Crippen molar-refractivity contribution in [2.75, 3.05) is 5.32 Å². The number of carbonyl (C=O) groups is 1. The summed E-state index contributed by atoms with van der Waals surface area (Å²) in [6, 6.07) is 5.45. The van der Waals surface area contributed by atoms with E-state index < -0.39 is 11.6 Å². The molecule has 0 aliphatic rings. The van der Waals surface area contributed by atoms with Gasteiger partial charge in [0.05, 0.1) is 18.5 Å². The first-order valence-corrected chi connectivity index (χ1v) is 6.38. The van der Waals surface area contributed by atoms with Crippen LogP contribution in [-0.2, 0) is 17.8 Å². The van der Waals surface area contributed by atoms with Crippen molar-refractivity contribution in [2.45, 2.75) is 19.4 Å². The summed E-state index contributed by atoms with van der Waals surface area (Å²) in [6.07, 6.45) is 3.01. The number of amides is 1. The van der Waals surface area contributed by atoms with Crippen molar-refractivity contribution in [3.8, 4) is 0 Å². The Bertz CT molecular complexity index is 647. The number of hydrogen-bond donors (Lipinski definition) is 2. The highest BCUT2D eigenvalue weighted by molar-refractivity contribution is 5.91. The number of nitrogens with zero attached hydrogens (tertiary/aromatic N) is 1. The number of aromatic nitrogens is 1. The molecule has 0 radical (unpaired) electrons. The monoisotopic (exact) mass is 292 g/mol. The van der Waals surface area contributed by atoms with Crippen LogP contribution in [0, 0.1) is 11.6 Å². The van der Waals surface area contributed by atoms with Gasteiger partial charge in [-0.2, -0.15) is 0 Å². The molecule has 0 unspecified atom stereocenters. The smallest absolute Gasteiger partial charge is 0.224 e. The van der Waals surface area contributed by atoms with Crippen LogP contribution in [0.3, 0.4) is 0 Å². The van der Waals surface area contributed by atoms with E-state index in [1.54, 1.807) is 6.07 Å². The summed E-state index contributed by atoms with van der Waals surface area (Å²) in [5, 5.41) is 11.7. The summed E-state index contributed by atoms with van der Waals surface area (Å²) in [4.78, 5) is 15.7. The first kappa shape index (κ1) is 15.1. The van der Waals surface area contributed by atoms with E-state index in [9.17, 15) is 13.6 Å². The number of rotatable bonds is 5. The third kappa shape index (κ3) is 3.82. The Morgan fingerprint density at radius 1 is 1.24 bits per heavy atom. The van der Waals surface area contributed by atoms with E-state index >= 15 is 0 Å². The minimum atomic E-state index is -0.928. The van der Waals surface area contributed by atoms with Crippen molar-refractivity contribution >= 4 is 11.6 Å². The van der Waals surface area contributed by atoms with Gasteiger partial charge in [0, 0.05) is 18.2 Å². The molecule has 0 saturated heterocycles. The summed E-state index contributed by atoms with van der Waals surface area (Å²) in [5.41, 5.74) is 1.10. The van der Waals surface area contributed by atoms with Crippen molar-refractivity contribution in [3.63, 3.8) is 0 Å². The third-order valence-corrected chi connectivity index (χ3v) is 3.01. The Morgan fingerprint density at radius 3 is 2.81 bits per heavy atom. The number of aliphatic hydroxyl groups is 1. The summed E-state index contributed by atoms with van der Waals surface area (Å²) >= 11 is 0. The van der Waals surface area contributed by atoms with E-state index in [1.165, 1.54) is 24.5 Å². The van der Waals surface area contributed by atoms with Crippen molar-refractivity contribution in [2.24, 2.45) is 0 Å². The highest BCUT2D eigenvalue weighted by Crippen LogP contribution is 2.16. The number of benzene rings is 1. The van der Waals surface area contributed by atoms with Crippen LogP contribution in [0.4, 0.5) is 14.5 Å². The largest absolute Gasteiger partial charge is 0.392 e. The molecule has 1 heterocycles. The van der Waals surface area contributed by atoms with Gasteiger partial charge in [0.1, 0.15) is 0 Å². The fourth-order valence-corrected chi connectivity index (χ4v) is 1.88. The fourth-order valence-electron chi connectivity index (χ4n) is 1.88. The Balaban J connectivity index is 1.98. The maximum Gasteiger partial charge on any atom is 0.224 e. The van der Waals surface area contributed by atoms with Gasteiger partial charge in [-0.1, -0.05) is 12.1 Å². The molecule has 0 bridgehead atoms. The predicted molar refractivity (Wildman–Crippen MR) is 73.5 cm³/mol. The van der Waals surface area contributed by atoms with E-state index in [0.717, 1.165) is 6.07 Å². The van der Waals surface area contributed by atoms with Gasteiger partial charge in [-0.15, -0.1) is 0 Å². The van der Waals surface area contributed by atoms with Crippen molar-refractivity contribution in [1.82, 2.24) is 4.98 Å². The average Bonchev–Trinajstić information content (AvgIpc) is 2.49. The highest BCUT2D eigenvalue weighted by atomic mass is 19.2. The summed E-state index contributed by atoms with van der Waals surface area (Å²) < 4.78 is 26.5. The van der Waals surface area contributed by atoms with Crippen molar-refractivity contribution < 1.29 is 18.7 Å². The molecule has 0 saturated carbocycles. The van der Waals surface area contributed by atoms with Gasteiger partial charge in [-0.05, 0) is 24.1 Å². The Kier molecular flexibility index (Phi) is 4.94. The van der Waals surface area contributed by atoms with E-state index in [0.29, 0.717) is 11.3 Å². The molecule has 0 atom stereocenters. The van der Waals surface area contributed by atoms with Gasteiger partial charge >= 0.3 is 0 Å². The lowest BCUT2D eigenvalue weighted by Gasteiger charge is -2.09. The lowest BCUT2D eigenvalue weighted by molar-refractivity contribution is -0.116. The number of nitrogens with one attached hydrogen (secondary N) is 1. The molecule has 110 valence electrons. The SMILES string of the molecule is O=C(CCc1cccc(F)c1F)Nc1cnccc1CO. The molecule has 1 aromatic carbocycles. The molecule has 2 aromatic rings. The molecule has 2 N–H and O–H groups in total. The molecule has 0 fully saturated rings. The van der Waals surface area contributed by atoms with Crippen LogP contribution in [0.1, 0.15) is 17.5 Å². The molecule has 0 spiro atoms. The lowest BCUT2D eigenvalue weighted by Crippen LogP contribution is -2.14. The number of pyridine rings is 1. The summed E-state index contributed by atoms with van der Waals surface area (Å²) in [6.45, 7) is -0.226. The summed E-state index contributed by atoms with van der Waals surface area (Å²) in [7, 11) is 0. The van der Waals surface area contributed by atoms with Crippen LogP contribution in [0.2, 0.25) is 0 Å². The van der Waals surface area contributed by atoms with Crippen LogP contribution in [-0.4, -0.2) is 16.0 Å². The predicted octanol–water partition coefficient (Wildman–Crippen LogP) is 2.42. The molecular weight excluding hydrogens is 278 g/mol. The normalized spacial score (nSPS) is 10.4. The zero-order valence-electron chi connectivity index (χ0n) is 11.1. The Hall–Kier alpha value is -2.34. The molecule has 21 heavy (non-hydrogen) atoms. The molecule has 1 aromatic heterocycles. The van der Waals surface area contributed by atoms with Crippen LogP contribution in [0.25, 0.3) is 0 Å². The van der Waals surface area contributed by atoms with E-state index in [1.807, 2.05) is 0 Å². The highest BCUT2D eigenvalue weighted by Gasteiger charge is 2.11. The molecule has 4 nitrogen and oxygen atoms in total. The quantitative estimate of drug-likeness (QED) is 0.889. The van der Waals surface area contributed by atoms with Gasteiger partial charge < -0.3 is 10.4 Å². The first-order chi connectivity index (χ1) is 10.1. The molecule has 0 aliphatic carbocycles. The first-order valence-electron chi connectivity index (χ1n) is 6.38. The lowest BCUT2D eigenvalue weighted by atomic mass is 10.1. The zero-order chi connectivity index (χ0) is 15.2. The van der Waals surface area contributed by atoms with Crippen LogP contribution in [0.15, 0.2) is 36.7 Å². The number of anilines is 1. The van der Waals surface area contributed by atoms with Gasteiger partial charge in [0.15, 0.2) is 11.6 Å². The van der Waals surface area contributed by atoms with Crippen LogP contribution in [0.5, 0.6) is 0 Å². The van der Waals surface area contributed by atoms with Crippen LogP contribution >= 0.6 is 0 Å². The van der Waals surface area contributed by atoms with Gasteiger partial charge in [0.2, 0.25) is 5.91 Å². The maximum absolute atomic E-state index is 13.4. The fraction of sp³-hybridized carbons (Fsp3) is 0.200. The number of hydrogen-bond acceptors (Lipinski definition) is 3. The molecule has 2 rings (SSSR count). The second-order valence-corrected chi connectivity index (χ2v) is 4.45. The second-order valence-electron chi connectivity index (χ2n) is 4.45. The molecule has 6 heteroatoms. The van der Waals surface area contributed by atoms with Crippen LogP contribution < -0.4 is 5.32 Å². The molecular formula is C15H14F2N2O2. The van der Waals surface area contributed by atoms with Crippen molar-refractivity contribution in [3.05, 3.63) is 59.4 Å². The number of halogens is 2. The van der Waals surface area contributed by atoms with Gasteiger partial charge in [0.25, 0.3) is 0 Å². The zero-order valence-corrected chi connectivity index (χ0v) is 11.1. The molecule has 1 amide bonds. The van der Waals surface area contributed by atoms with E-state index in [4.69, 9.17) is 5.11 Å². The number of aryl methyl sites for hydroxylation is 1. The van der Waals surface area contributed by atoms with Gasteiger partial charge in [-0.3, -0.25) is 9.78 Å². The minimum Gasteiger partial charge on any atom is -0.392 e.